The second-order valence-corrected chi connectivity index (χ2v) is 6.14. The van der Waals surface area contributed by atoms with E-state index in [-0.39, 0.29) is 41.9 Å². The molecular formula is C17H28ClIN4O2. The summed E-state index contributed by atoms with van der Waals surface area (Å²) in [5.41, 5.74) is 0. The highest BCUT2D eigenvalue weighted by Crippen LogP contribution is 2.16. The SMILES string of the molecule is CN=C(NCCNC(=O)C(C)C)NCC(C)Oc1ccc(Cl)cc1.I. The molecule has 0 saturated carbocycles. The number of carbonyl (C=O) groups excluding carboxylic acids is 1. The minimum Gasteiger partial charge on any atom is -0.489 e. The van der Waals surface area contributed by atoms with Gasteiger partial charge in [0.2, 0.25) is 5.91 Å². The molecule has 8 heteroatoms. The van der Waals surface area contributed by atoms with Gasteiger partial charge in [-0.3, -0.25) is 9.79 Å². The Hall–Kier alpha value is -1.22. The highest BCUT2D eigenvalue weighted by atomic mass is 127. The van der Waals surface area contributed by atoms with E-state index in [4.69, 9.17) is 16.3 Å². The van der Waals surface area contributed by atoms with E-state index in [1.807, 2.05) is 32.9 Å². The average Bonchev–Trinajstić information content (AvgIpc) is 2.56. The molecule has 1 aromatic rings. The third-order valence-corrected chi connectivity index (χ3v) is 3.42. The number of nitrogens with one attached hydrogen (secondary N) is 3. The lowest BCUT2D eigenvalue weighted by atomic mass is 10.2. The normalized spacial score (nSPS) is 12.2. The Morgan fingerprint density at radius 2 is 1.72 bits per heavy atom. The maximum Gasteiger partial charge on any atom is 0.222 e. The van der Waals surface area contributed by atoms with Gasteiger partial charge in [-0.05, 0) is 31.2 Å². The largest absolute Gasteiger partial charge is 0.489 e. The van der Waals surface area contributed by atoms with Gasteiger partial charge in [-0.25, -0.2) is 0 Å². The molecular weight excluding hydrogens is 455 g/mol. The van der Waals surface area contributed by atoms with Crippen molar-refractivity contribution in [1.29, 1.82) is 0 Å². The maximum atomic E-state index is 11.5. The first-order chi connectivity index (χ1) is 11.4. The summed E-state index contributed by atoms with van der Waals surface area (Å²) >= 11 is 5.85. The van der Waals surface area contributed by atoms with Gasteiger partial charge in [0.25, 0.3) is 0 Å². The molecule has 0 bridgehead atoms. The van der Waals surface area contributed by atoms with Crippen molar-refractivity contribution in [3.63, 3.8) is 0 Å². The highest BCUT2D eigenvalue weighted by Gasteiger charge is 2.07. The van der Waals surface area contributed by atoms with Crippen molar-refractivity contribution >= 4 is 47.4 Å². The van der Waals surface area contributed by atoms with Gasteiger partial charge in [0, 0.05) is 31.1 Å². The van der Waals surface area contributed by atoms with Crippen LogP contribution < -0.4 is 20.7 Å². The van der Waals surface area contributed by atoms with Crippen LogP contribution in [0.15, 0.2) is 29.3 Å². The Labute approximate surface area is 172 Å². The summed E-state index contributed by atoms with van der Waals surface area (Å²) in [6.45, 7) is 7.45. The summed E-state index contributed by atoms with van der Waals surface area (Å²) in [6.07, 6.45) is -0.0367. The molecule has 0 saturated heterocycles. The van der Waals surface area contributed by atoms with Crippen LogP contribution in [0.1, 0.15) is 20.8 Å². The van der Waals surface area contributed by atoms with Crippen LogP contribution >= 0.6 is 35.6 Å². The van der Waals surface area contributed by atoms with E-state index in [9.17, 15) is 4.79 Å². The Morgan fingerprint density at radius 1 is 1.12 bits per heavy atom. The summed E-state index contributed by atoms with van der Waals surface area (Å²) in [5, 5.41) is 9.86. The van der Waals surface area contributed by atoms with Crippen LogP contribution in [0.25, 0.3) is 0 Å². The summed E-state index contributed by atoms with van der Waals surface area (Å²) in [7, 11) is 1.70. The number of amides is 1. The van der Waals surface area contributed by atoms with Crippen molar-refractivity contribution in [2.75, 3.05) is 26.7 Å². The van der Waals surface area contributed by atoms with Gasteiger partial charge < -0.3 is 20.7 Å². The number of guanidine groups is 1. The average molecular weight is 483 g/mol. The van der Waals surface area contributed by atoms with Crippen LogP contribution in [0, 0.1) is 5.92 Å². The zero-order chi connectivity index (χ0) is 17.9. The Morgan fingerprint density at radius 3 is 2.28 bits per heavy atom. The molecule has 1 rings (SSSR count). The first kappa shape index (κ1) is 23.8. The number of carbonyl (C=O) groups is 1. The molecule has 1 atom stereocenters. The van der Waals surface area contributed by atoms with Crippen LogP contribution in [-0.4, -0.2) is 44.7 Å². The third kappa shape index (κ3) is 10.4. The Balaban J connectivity index is 0.00000576. The maximum absolute atomic E-state index is 11.5. The zero-order valence-corrected chi connectivity index (χ0v) is 18.2. The number of rotatable bonds is 8. The van der Waals surface area contributed by atoms with Crippen LogP contribution in [0.3, 0.4) is 0 Å². The van der Waals surface area contributed by atoms with Crippen molar-refractivity contribution in [1.82, 2.24) is 16.0 Å². The molecule has 6 nitrogen and oxygen atoms in total. The van der Waals surface area contributed by atoms with Crippen molar-refractivity contribution in [3.05, 3.63) is 29.3 Å². The lowest BCUT2D eigenvalue weighted by Crippen LogP contribution is -2.44. The lowest BCUT2D eigenvalue weighted by molar-refractivity contribution is -0.123. The molecule has 3 N–H and O–H groups in total. The number of nitrogens with zero attached hydrogens (tertiary/aromatic N) is 1. The highest BCUT2D eigenvalue weighted by molar-refractivity contribution is 14.0. The molecule has 0 aliphatic heterocycles. The smallest absolute Gasteiger partial charge is 0.222 e. The molecule has 1 amide bonds. The van der Waals surface area contributed by atoms with Crippen molar-refractivity contribution in [3.8, 4) is 5.75 Å². The first-order valence-corrected chi connectivity index (χ1v) is 8.44. The van der Waals surface area contributed by atoms with Crippen molar-refractivity contribution < 1.29 is 9.53 Å². The predicted octanol–water partition coefficient (Wildman–Crippen LogP) is 2.66. The number of benzene rings is 1. The summed E-state index contributed by atoms with van der Waals surface area (Å²) in [4.78, 5) is 15.6. The van der Waals surface area contributed by atoms with Gasteiger partial charge in [-0.2, -0.15) is 0 Å². The zero-order valence-electron chi connectivity index (χ0n) is 15.1. The standard InChI is InChI=1S/C17H27ClN4O2.HI/c1-12(2)16(23)20-9-10-21-17(19-4)22-11-13(3)24-15-7-5-14(18)6-8-15;/h5-8,12-13H,9-11H2,1-4H3,(H,20,23)(H2,19,21,22);1H. The van der Waals surface area contributed by atoms with Gasteiger partial charge in [0.05, 0.1) is 6.54 Å². The number of aliphatic imine (C=N–C) groups is 1. The minimum atomic E-state index is -0.0367. The fraction of sp³-hybridized carbons (Fsp3) is 0.529. The third-order valence-electron chi connectivity index (χ3n) is 3.17. The Bertz CT molecular complexity index is 538. The number of halogens is 2. The molecule has 0 aromatic heterocycles. The van der Waals surface area contributed by atoms with Gasteiger partial charge in [0.15, 0.2) is 5.96 Å². The fourth-order valence-corrected chi connectivity index (χ4v) is 1.94. The molecule has 0 spiro atoms. The van der Waals surface area contributed by atoms with Crippen molar-refractivity contribution in [2.45, 2.75) is 26.9 Å². The van der Waals surface area contributed by atoms with E-state index in [0.717, 1.165) is 5.75 Å². The number of ether oxygens (including phenoxy) is 1. The van der Waals surface area contributed by atoms with E-state index in [1.165, 1.54) is 0 Å². The van der Waals surface area contributed by atoms with Crippen LogP contribution in [-0.2, 0) is 4.79 Å². The molecule has 1 unspecified atom stereocenters. The fourth-order valence-electron chi connectivity index (χ4n) is 1.82. The predicted molar refractivity (Wildman–Crippen MR) is 114 cm³/mol. The van der Waals surface area contributed by atoms with Crippen molar-refractivity contribution in [2.24, 2.45) is 10.9 Å². The van der Waals surface area contributed by atoms with E-state index < -0.39 is 0 Å². The number of hydrogen-bond acceptors (Lipinski definition) is 3. The monoisotopic (exact) mass is 482 g/mol. The molecule has 0 aliphatic rings. The van der Waals surface area contributed by atoms with E-state index in [0.29, 0.717) is 30.6 Å². The Kier molecular flexibility index (Phi) is 12.4. The molecule has 0 fully saturated rings. The van der Waals surface area contributed by atoms with Gasteiger partial charge in [-0.1, -0.05) is 25.4 Å². The molecule has 142 valence electrons. The van der Waals surface area contributed by atoms with Crippen LogP contribution in [0.5, 0.6) is 5.75 Å². The minimum absolute atomic E-state index is 0. The molecule has 0 radical (unpaired) electrons. The van der Waals surface area contributed by atoms with Gasteiger partial charge in [0.1, 0.15) is 11.9 Å². The van der Waals surface area contributed by atoms with Crippen LogP contribution in [0.2, 0.25) is 5.02 Å². The second-order valence-electron chi connectivity index (χ2n) is 5.71. The van der Waals surface area contributed by atoms with E-state index in [1.54, 1.807) is 19.2 Å². The molecule has 25 heavy (non-hydrogen) atoms. The summed E-state index contributed by atoms with van der Waals surface area (Å²) < 4.78 is 5.79. The molecule has 0 aliphatic carbocycles. The molecule has 1 aromatic carbocycles. The summed E-state index contributed by atoms with van der Waals surface area (Å²) in [6, 6.07) is 7.26. The second kappa shape index (κ2) is 13.0. The first-order valence-electron chi connectivity index (χ1n) is 8.06. The number of hydrogen-bond donors (Lipinski definition) is 3. The van der Waals surface area contributed by atoms with E-state index >= 15 is 0 Å². The van der Waals surface area contributed by atoms with Crippen LogP contribution in [0.4, 0.5) is 0 Å². The van der Waals surface area contributed by atoms with Gasteiger partial charge in [-0.15, -0.1) is 24.0 Å². The van der Waals surface area contributed by atoms with Gasteiger partial charge >= 0.3 is 0 Å². The lowest BCUT2D eigenvalue weighted by Gasteiger charge is -2.18. The van der Waals surface area contributed by atoms with E-state index in [2.05, 4.69) is 20.9 Å². The summed E-state index contributed by atoms with van der Waals surface area (Å²) in [5.74, 6) is 1.48. The topological polar surface area (TPSA) is 74.8 Å². The quantitative estimate of drug-likeness (QED) is 0.230. The molecule has 0 heterocycles.